The van der Waals surface area contributed by atoms with Gasteiger partial charge in [0, 0.05) is 55.7 Å². The molecule has 2 heterocycles. The Bertz CT molecular complexity index is 996. The molecule has 2 amide bonds. The first-order valence-electron chi connectivity index (χ1n) is 13.4. The van der Waals surface area contributed by atoms with Crippen LogP contribution in [0, 0.1) is 5.92 Å². The molecule has 2 aromatic rings. The van der Waals surface area contributed by atoms with Gasteiger partial charge in [-0.05, 0) is 94.6 Å². The van der Waals surface area contributed by atoms with Gasteiger partial charge in [-0.15, -0.1) is 0 Å². The largest absolute Gasteiger partial charge is 0.497 e. The smallest absolute Gasteiger partial charge is 0.255 e. The van der Waals surface area contributed by atoms with Crippen LogP contribution in [0.4, 0.5) is 11.4 Å². The number of hydrogen-bond donors (Lipinski definition) is 1. The third kappa shape index (κ3) is 6.19. The first kappa shape index (κ1) is 26.0. The molecule has 7 heteroatoms. The Morgan fingerprint density at radius 2 is 1.61 bits per heavy atom. The highest BCUT2D eigenvalue weighted by atomic mass is 16.5. The van der Waals surface area contributed by atoms with E-state index in [9.17, 15) is 9.59 Å². The van der Waals surface area contributed by atoms with Gasteiger partial charge < -0.3 is 19.9 Å². The highest BCUT2D eigenvalue weighted by Crippen LogP contribution is 2.28. The summed E-state index contributed by atoms with van der Waals surface area (Å²) in [6.45, 7) is 9.76. The Labute approximate surface area is 215 Å². The molecule has 0 radical (unpaired) electrons. The maximum atomic E-state index is 12.9. The summed E-state index contributed by atoms with van der Waals surface area (Å²) in [4.78, 5) is 32.4. The van der Waals surface area contributed by atoms with Crippen LogP contribution in [0.3, 0.4) is 0 Å². The second kappa shape index (κ2) is 12.3. The molecular formula is C29H40N4O3. The molecule has 2 aliphatic heterocycles. The molecule has 0 spiro atoms. The summed E-state index contributed by atoms with van der Waals surface area (Å²) >= 11 is 0. The Morgan fingerprint density at radius 1 is 0.944 bits per heavy atom. The summed E-state index contributed by atoms with van der Waals surface area (Å²) in [5.74, 6) is 1.08. The third-order valence-electron chi connectivity index (χ3n) is 7.70. The molecule has 1 atom stereocenters. The van der Waals surface area contributed by atoms with E-state index in [1.807, 2.05) is 17.0 Å². The van der Waals surface area contributed by atoms with Gasteiger partial charge in [-0.3, -0.25) is 14.5 Å². The predicted molar refractivity (Wildman–Crippen MR) is 145 cm³/mol. The van der Waals surface area contributed by atoms with Gasteiger partial charge >= 0.3 is 0 Å². The van der Waals surface area contributed by atoms with E-state index in [2.05, 4.69) is 41.1 Å². The molecule has 36 heavy (non-hydrogen) atoms. The summed E-state index contributed by atoms with van der Waals surface area (Å²) < 4.78 is 5.16. The van der Waals surface area contributed by atoms with E-state index in [-0.39, 0.29) is 11.8 Å². The molecule has 2 aromatic carbocycles. The SMILES string of the molecule is CCN(CC)C(=O)C1CCCN(C2CCN(c3ccc(NC(=O)c4ccc(OC)cc4)cc3)CC2)C1. The van der Waals surface area contributed by atoms with Crippen molar-refractivity contribution >= 4 is 23.2 Å². The summed E-state index contributed by atoms with van der Waals surface area (Å²) in [6.07, 6.45) is 4.36. The lowest BCUT2D eigenvalue weighted by molar-refractivity contribution is -0.137. The van der Waals surface area contributed by atoms with Crippen LogP contribution in [0.1, 0.15) is 49.9 Å². The lowest BCUT2D eigenvalue weighted by atomic mass is 9.92. The van der Waals surface area contributed by atoms with Gasteiger partial charge in [-0.1, -0.05) is 0 Å². The monoisotopic (exact) mass is 492 g/mol. The number of piperidine rings is 2. The lowest BCUT2D eigenvalue weighted by Gasteiger charge is -2.43. The fourth-order valence-electron chi connectivity index (χ4n) is 5.52. The normalized spacial score (nSPS) is 19.1. The maximum absolute atomic E-state index is 12.9. The first-order valence-corrected chi connectivity index (χ1v) is 13.4. The highest BCUT2D eigenvalue weighted by molar-refractivity contribution is 6.04. The molecule has 1 N–H and O–H groups in total. The number of hydrogen-bond acceptors (Lipinski definition) is 5. The summed E-state index contributed by atoms with van der Waals surface area (Å²) in [5, 5.41) is 2.97. The Morgan fingerprint density at radius 3 is 2.22 bits per heavy atom. The number of benzene rings is 2. The van der Waals surface area contributed by atoms with E-state index in [4.69, 9.17) is 4.74 Å². The minimum absolute atomic E-state index is 0.134. The predicted octanol–water partition coefficient (Wildman–Crippen LogP) is 4.50. The Hall–Kier alpha value is -3.06. The van der Waals surface area contributed by atoms with E-state index < -0.39 is 0 Å². The molecule has 0 aliphatic carbocycles. The number of nitrogens with one attached hydrogen (secondary N) is 1. The number of nitrogens with zero attached hydrogens (tertiary/aromatic N) is 3. The number of carbonyl (C=O) groups excluding carboxylic acids is 2. The molecule has 0 saturated carbocycles. The van der Waals surface area contributed by atoms with Crippen LogP contribution in [-0.4, -0.2) is 74.0 Å². The van der Waals surface area contributed by atoms with E-state index >= 15 is 0 Å². The van der Waals surface area contributed by atoms with Gasteiger partial charge in [0.25, 0.3) is 5.91 Å². The standard InChI is InChI=1S/C29H40N4O3/c1-4-31(5-2)29(35)23-7-6-18-33(21-23)26-16-19-32(20-17-26)25-12-10-24(11-13-25)30-28(34)22-8-14-27(36-3)15-9-22/h8-15,23,26H,4-7,16-21H2,1-3H3,(H,30,34). The minimum atomic E-state index is -0.134. The fourth-order valence-corrected chi connectivity index (χ4v) is 5.52. The zero-order valence-electron chi connectivity index (χ0n) is 21.9. The molecule has 2 aliphatic rings. The van der Waals surface area contributed by atoms with Crippen LogP contribution >= 0.6 is 0 Å². The number of likely N-dealkylation sites (tertiary alicyclic amines) is 1. The summed E-state index contributed by atoms with van der Waals surface area (Å²) in [5.41, 5.74) is 2.57. The number of carbonyl (C=O) groups is 2. The van der Waals surface area contributed by atoms with Crippen molar-refractivity contribution in [3.63, 3.8) is 0 Å². The molecule has 0 bridgehead atoms. The molecule has 7 nitrogen and oxygen atoms in total. The van der Waals surface area contributed by atoms with E-state index in [1.165, 1.54) is 5.69 Å². The Balaban J connectivity index is 1.27. The fraction of sp³-hybridized carbons (Fsp3) is 0.517. The van der Waals surface area contributed by atoms with Crippen molar-refractivity contribution in [1.82, 2.24) is 9.80 Å². The van der Waals surface area contributed by atoms with Crippen LogP contribution in [0.2, 0.25) is 0 Å². The average Bonchev–Trinajstić information content (AvgIpc) is 2.94. The zero-order valence-corrected chi connectivity index (χ0v) is 21.9. The van der Waals surface area contributed by atoms with Gasteiger partial charge in [0.05, 0.1) is 13.0 Å². The van der Waals surface area contributed by atoms with Gasteiger partial charge in [0.2, 0.25) is 5.91 Å². The quantitative estimate of drug-likeness (QED) is 0.588. The van der Waals surface area contributed by atoms with Crippen molar-refractivity contribution in [2.24, 2.45) is 5.92 Å². The van der Waals surface area contributed by atoms with Crippen molar-refractivity contribution < 1.29 is 14.3 Å². The summed E-state index contributed by atoms with van der Waals surface area (Å²) in [7, 11) is 1.61. The van der Waals surface area contributed by atoms with Crippen molar-refractivity contribution in [2.75, 3.05) is 56.6 Å². The third-order valence-corrected chi connectivity index (χ3v) is 7.70. The highest BCUT2D eigenvalue weighted by Gasteiger charge is 2.33. The number of anilines is 2. The Kier molecular flexibility index (Phi) is 8.86. The molecule has 1 unspecified atom stereocenters. The molecular weight excluding hydrogens is 452 g/mol. The number of rotatable bonds is 8. The molecule has 0 aromatic heterocycles. The minimum Gasteiger partial charge on any atom is -0.497 e. The topological polar surface area (TPSA) is 65.1 Å². The van der Waals surface area contributed by atoms with E-state index in [0.717, 1.165) is 76.4 Å². The van der Waals surface area contributed by atoms with Gasteiger partial charge in [0.1, 0.15) is 5.75 Å². The number of amides is 2. The van der Waals surface area contributed by atoms with Gasteiger partial charge in [-0.2, -0.15) is 0 Å². The van der Waals surface area contributed by atoms with Crippen LogP contribution < -0.4 is 15.0 Å². The number of methoxy groups -OCH3 is 1. The zero-order chi connectivity index (χ0) is 25.5. The molecule has 2 saturated heterocycles. The van der Waals surface area contributed by atoms with Gasteiger partial charge in [-0.25, -0.2) is 0 Å². The van der Waals surface area contributed by atoms with Crippen LogP contribution in [0.25, 0.3) is 0 Å². The van der Waals surface area contributed by atoms with Gasteiger partial charge in [0.15, 0.2) is 0 Å². The van der Waals surface area contributed by atoms with Crippen molar-refractivity contribution in [3.8, 4) is 5.75 Å². The van der Waals surface area contributed by atoms with Crippen molar-refractivity contribution in [1.29, 1.82) is 0 Å². The second-order valence-electron chi connectivity index (χ2n) is 9.79. The summed E-state index contributed by atoms with van der Waals surface area (Å²) in [6, 6.07) is 15.8. The van der Waals surface area contributed by atoms with Crippen molar-refractivity contribution in [2.45, 2.75) is 45.6 Å². The molecule has 194 valence electrons. The van der Waals surface area contributed by atoms with Crippen LogP contribution in [0.5, 0.6) is 5.75 Å². The van der Waals surface area contributed by atoms with Crippen LogP contribution in [0.15, 0.2) is 48.5 Å². The van der Waals surface area contributed by atoms with Crippen LogP contribution in [-0.2, 0) is 4.79 Å². The number of ether oxygens (including phenoxy) is 1. The molecule has 2 fully saturated rings. The van der Waals surface area contributed by atoms with Crippen molar-refractivity contribution in [3.05, 3.63) is 54.1 Å². The maximum Gasteiger partial charge on any atom is 0.255 e. The average molecular weight is 493 g/mol. The van der Waals surface area contributed by atoms with E-state index in [1.54, 1.807) is 31.4 Å². The lowest BCUT2D eigenvalue weighted by Crippen LogP contribution is -2.51. The van der Waals surface area contributed by atoms with E-state index in [0.29, 0.717) is 17.5 Å². The first-order chi connectivity index (χ1) is 17.5. The second-order valence-corrected chi connectivity index (χ2v) is 9.79. The molecule has 4 rings (SSSR count).